The number of rotatable bonds is 9. The smallest absolute Gasteiger partial charge is 0.238 e. The Morgan fingerprint density at radius 3 is 2.67 bits per heavy atom. The van der Waals surface area contributed by atoms with Crippen molar-refractivity contribution in [2.24, 2.45) is 5.18 Å². The second-order valence-corrected chi connectivity index (χ2v) is 3.41. The predicted molar refractivity (Wildman–Crippen MR) is 57.6 cm³/mol. The highest BCUT2D eigenvalue weighted by molar-refractivity contribution is 7.80. The molecular formula is C8H17NO5S. The summed E-state index contributed by atoms with van der Waals surface area (Å²) in [5.41, 5.74) is 0. The van der Waals surface area contributed by atoms with E-state index in [1.165, 1.54) is 0 Å². The molecule has 0 saturated heterocycles. The van der Waals surface area contributed by atoms with Gasteiger partial charge in [0.25, 0.3) is 0 Å². The maximum Gasteiger partial charge on any atom is 0.238 e. The van der Waals surface area contributed by atoms with Crippen molar-refractivity contribution in [3.05, 3.63) is 4.91 Å². The number of hydrogen-bond acceptors (Lipinski definition) is 7. The molecule has 0 spiro atoms. The van der Waals surface area contributed by atoms with Crippen molar-refractivity contribution in [1.29, 1.82) is 0 Å². The van der Waals surface area contributed by atoms with Crippen LogP contribution < -0.4 is 0 Å². The standard InChI is InChI=1S/C8H17NO5S/c1-6(5-10)14-8(7(11)9-12)13-3-2-4-15/h6-8,10-11,15H,2-5H2,1H3. The molecule has 0 amide bonds. The third kappa shape index (κ3) is 6.80. The second kappa shape index (κ2) is 9.05. The minimum atomic E-state index is -1.58. The molecule has 0 rings (SSSR count). The third-order valence-corrected chi connectivity index (χ3v) is 1.88. The fraction of sp³-hybridized carbons (Fsp3) is 1.00. The average Bonchev–Trinajstić information content (AvgIpc) is 2.26. The van der Waals surface area contributed by atoms with Gasteiger partial charge in [0.05, 0.1) is 19.3 Å². The highest BCUT2D eigenvalue weighted by Crippen LogP contribution is 2.07. The van der Waals surface area contributed by atoms with E-state index in [4.69, 9.17) is 19.7 Å². The SMILES string of the molecule is CC(CO)OC(OCCCS)C(O)N=O. The first-order valence-corrected chi connectivity index (χ1v) is 5.28. The summed E-state index contributed by atoms with van der Waals surface area (Å²) in [5.74, 6) is 0.632. The zero-order valence-electron chi connectivity index (χ0n) is 8.57. The number of hydrogen-bond donors (Lipinski definition) is 3. The molecule has 0 fully saturated rings. The van der Waals surface area contributed by atoms with Crippen LogP contribution in [0.4, 0.5) is 0 Å². The van der Waals surface area contributed by atoms with E-state index in [-0.39, 0.29) is 6.61 Å². The summed E-state index contributed by atoms with van der Waals surface area (Å²) in [4.78, 5) is 10.1. The van der Waals surface area contributed by atoms with Gasteiger partial charge in [-0.05, 0) is 24.3 Å². The minimum Gasteiger partial charge on any atom is -0.394 e. The van der Waals surface area contributed by atoms with Gasteiger partial charge in [-0.15, -0.1) is 4.91 Å². The average molecular weight is 239 g/mol. The summed E-state index contributed by atoms with van der Waals surface area (Å²) < 4.78 is 10.1. The first kappa shape index (κ1) is 14.8. The topological polar surface area (TPSA) is 88.3 Å². The van der Waals surface area contributed by atoms with E-state index in [1.54, 1.807) is 6.92 Å². The number of aliphatic hydroxyl groups excluding tert-OH is 2. The molecular weight excluding hydrogens is 222 g/mol. The van der Waals surface area contributed by atoms with Gasteiger partial charge in [0, 0.05) is 0 Å². The lowest BCUT2D eigenvalue weighted by molar-refractivity contribution is -0.216. The Balaban J connectivity index is 4.00. The van der Waals surface area contributed by atoms with Crippen molar-refractivity contribution >= 4 is 12.6 Å². The van der Waals surface area contributed by atoms with Crippen molar-refractivity contribution in [2.45, 2.75) is 32.0 Å². The fourth-order valence-corrected chi connectivity index (χ4v) is 0.910. The normalized spacial score (nSPS) is 17.1. The van der Waals surface area contributed by atoms with Gasteiger partial charge in [-0.1, -0.05) is 0 Å². The molecule has 0 aliphatic rings. The number of ether oxygens (including phenoxy) is 2. The van der Waals surface area contributed by atoms with Gasteiger partial charge in [-0.25, -0.2) is 0 Å². The summed E-state index contributed by atoms with van der Waals surface area (Å²) in [6, 6.07) is 0. The Morgan fingerprint density at radius 2 is 2.20 bits per heavy atom. The maximum absolute atomic E-state index is 10.1. The van der Waals surface area contributed by atoms with Gasteiger partial charge in [-0.3, -0.25) is 0 Å². The second-order valence-electron chi connectivity index (χ2n) is 2.96. The van der Waals surface area contributed by atoms with E-state index in [0.29, 0.717) is 18.8 Å². The van der Waals surface area contributed by atoms with Gasteiger partial charge in [0.2, 0.25) is 12.5 Å². The lowest BCUT2D eigenvalue weighted by Gasteiger charge is -2.22. The van der Waals surface area contributed by atoms with Crippen LogP contribution in [-0.2, 0) is 9.47 Å². The van der Waals surface area contributed by atoms with E-state index in [1.807, 2.05) is 0 Å². The van der Waals surface area contributed by atoms with Crippen LogP contribution in [0.2, 0.25) is 0 Å². The number of thiol groups is 1. The van der Waals surface area contributed by atoms with Crippen molar-refractivity contribution in [1.82, 2.24) is 0 Å². The molecule has 0 aliphatic carbocycles. The van der Waals surface area contributed by atoms with E-state index in [2.05, 4.69) is 17.8 Å². The Morgan fingerprint density at radius 1 is 1.53 bits per heavy atom. The maximum atomic E-state index is 10.1. The third-order valence-electron chi connectivity index (χ3n) is 1.56. The molecule has 15 heavy (non-hydrogen) atoms. The van der Waals surface area contributed by atoms with E-state index < -0.39 is 18.6 Å². The molecule has 0 aromatic heterocycles. The van der Waals surface area contributed by atoms with Crippen LogP contribution in [0.25, 0.3) is 0 Å². The zero-order valence-corrected chi connectivity index (χ0v) is 9.47. The summed E-state index contributed by atoms with van der Waals surface area (Å²) in [6.07, 6.45) is -2.58. The molecule has 2 N–H and O–H groups in total. The van der Waals surface area contributed by atoms with E-state index in [0.717, 1.165) is 0 Å². The van der Waals surface area contributed by atoms with Gasteiger partial charge in [0.15, 0.2) is 0 Å². The van der Waals surface area contributed by atoms with Crippen LogP contribution in [0.1, 0.15) is 13.3 Å². The molecule has 0 aromatic rings. The van der Waals surface area contributed by atoms with Gasteiger partial charge in [0.1, 0.15) is 0 Å². The van der Waals surface area contributed by atoms with Crippen molar-refractivity contribution < 1.29 is 19.7 Å². The largest absolute Gasteiger partial charge is 0.394 e. The van der Waals surface area contributed by atoms with Crippen LogP contribution in [0.15, 0.2) is 5.18 Å². The van der Waals surface area contributed by atoms with Gasteiger partial charge < -0.3 is 19.7 Å². The number of nitrogens with zero attached hydrogens (tertiary/aromatic N) is 1. The molecule has 90 valence electrons. The Bertz CT molecular complexity index is 171. The summed E-state index contributed by atoms with van der Waals surface area (Å²) >= 11 is 3.98. The van der Waals surface area contributed by atoms with Crippen LogP contribution in [0, 0.1) is 4.91 Å². The Hall–Kier alpha value is -0.210. The molecule has 7 heteroatoms. The highest BCUT2D eigenvalue weighted by Gasteiger charge is 2.23. The van der Waals surface area contributed by atoms with Gasteiger partial charge in [-0.2, -0.15) is 12.6 Å². The molecule has 0 aromatic carbocycles. The van der Waals surface area contributed by atoms with Crippen molar-refractivity contribution in [2.75, 3.05) is 19.0 Å². The van der Waals surface area contributed by atoms with E-state index >= 15 is 0 Å². The quantitative estimate of drug-likeness (QED) is 0.230. The molecule has 0 bridgehead atoms. The molecule has 3 unspecified atom stereocenters. The summed E-state index contributed by atoms with van der Waals surface area (Å²) in [5, 5.41) is 20.3. The monoisotopic (exact) mass is 239 g/mol. The van der Waals surface area contributed by atoms with E-state index in [9.17, 15) is 4.91 Å². The van der Waals surface area contributed by atoms with Crippen LogP contribution >= 0.6 is 12.6 Å². The van der Waals surface area contributed by atoms with Crippen molar-refractivity contribution in [3.63, 3.8) is 0 Å². The Kier molecular flexibility index (Phi) is 8.92. The summed E-state index contributed by atoms with van der Waals surface area (Å²) in [7, 11) is 0. The number of aliphatic hydroxyl groups is 2. The van der Waals surface area contributed by atoms with Crippen LogP contribution in [0.3, 0.4) is 0 Å². The first-order valence-electron chi connectivity index (χ1n) is 4.65. The number of nitroso groups, excluding NO2 is 1. The molecule has 3 atom stereocenters. The zero-order chi connectivity index (χ0) is 11.7. The fourth-order valence-electron chi connectivity index (χ4n) is 0.781. The molecule has 6 nitrogen and oxygen atoms in total. The molecule has 0 heterocycles. The molecule has 0 aliphatic heterocycles. The highest BCUT2D eigenvalue weighted by atomic mass is 32.1. The van der Waals surface area contributed by atoms with Crippen molar-refractivity contribution in [3.8, 4) is 0 Å². The van der Waals surface area contributed by atoms with Crippen LogP contribution in [0.5, 0.6) is 0 Å². The Labute approximate surface area is 94.0 Å². The van der Waals surface area contributed by atoms with Gasteiger partial charge >= 0.3 is 0 Å². The predicted octanol–water partition coefficient (Wildman–Crippen LogP) is 0.131. The first-order chi connectivity index (χ1) is 7.15. The molecule has 0 radical (unpaired) electrons. The lowest BCUT2D eigenvalue weighted by atomic mass is 10.4. The molecule has 0 saturated carbocycles. The minimum absolute atomic E-state index is 0.224. The lowest BCUT2D eigenvalue weighted by Crippen LogP contribution is -2.34. The summed E-state index contributed by atoms with van der Waals surface area (Å²) in [6.45, 7) is 1.67. The van der Waals surface area contributed by atoms with Crippen LogP contribution in [-0.4, -0.2) is 47.8 Å².